The van der Waals surface area contributed by atoms with Gasteiger partial charge in [-0.25, -0.2) is 9.97 Å². The summed E-state index contributed by atoms with van der Waals surface area (Å²) < 4.78 is 5.69. The summed E-state index contributed by atoms with van der Waals surface area (Å²) in [6, 6.07) is 0. The quantitative estimate of drug-likeness (QED) is 0.849. The zero-order valence-corrected chi connectivity index (χ0v) is 10.9. The molecule has 0 aliphatic carbocycles. The molecule has 1 aromatic heterocycles. The zero-order valence-electron chi connectivity index (χ0n) is 10.9. The molecule has 1 aromatic rings. The molecule has 1 N–H and O–H groups in total. The second-order valence-corrected chi connectivity index (χ2v) is 4.26. The number of nitrogens with zero attached hydrogens (tertiary/aromatic N) is 2. The molecule has 4 nitrogen and oxygen atoms in total. The van der Waals surface area contributed by atoms with Gasteiger partial charge in [0.25, 0.3) is 0 Å². The predicted molar refractivity (Wildman–Crippen MR) is 66.6 cm³/mol. The minimum Gasteiger partial charge on any atom is -0.371 e. The van der Waals surface area contributed by atoms with Crippen molar-refractivity contribution in [2.45, 2.75) is 52.8 Å². The van der Waals surface area contributed by atoms with Gasteiger partial charge >= 0.3 is 0 Å². The molecule has 2 rings (SSSR count). The van der Waals surface area contributed by atoms with Gasteiger partial charge in [-0.2, -0.15) is 0 Å². The first-order valence-corrected chi connectivity index (χ1v) is 6.50. The Hall–Kier alpha value is -1.00. The third-order valence-corrected chi connectivity index (χ3v) is 3.15. The van der Waals surface area contributed by atoms with E-state index in [1.54, 1.807) is 0 Å². The third-order valence-electron chi connectivity index (χ3n) is 3.15. The van der Waals surface area contributed by atoms with Crippen LogP contribution in [-0.4, -0.2) is 16.6 Å². The number of aromatic nitrogens is 2. The predicted octanol–water partition coefficient (Wildman–Crippen LogP) is 2.13. The van der Waals surface area contributed by atoms with Crippen LogP contribution in [0.4, 0.5) is 0 Å². The van der Waals surface area contributed by atoms with Crippen molar-refractivity contribution in [2.75, 3.05) is 6.61 Å². The van der Waals surface area contributed by atoms with Crippen LogP contribution in [-0.2, 0) is 24.2 Å². The summed E-state index contributed by atoms with van der Waals surface area (Å²) >= 11 is 0. The Kier molecular flexibility index (Phi) is 4.07. The summed E-state index contributed by atoms with van der Waals surface area (Å²) in [4.78, 5) is 9.33. The summed E-state index contributed by atoms with van der Waals surface area (Å²) in [6.07, 6.45) is 1.92. The molecule has 1 aliphatic rings. The maximum Gasteiger partial charge on any atom is 0.157 e. The van der Waals surface area contributed by atoms with E-state index in [2.05, 4.69) is 29.1 Å². The molecule has 1 aliphatic heterocycles. The van der Waals surface area contributed by atoms with Crippen molar-refractivity contribution in [3.05, 3.63) is 22.8 Å². The van der Waals surface area contributed by atoms with E-state index in [0.29, 0.717) is 6.61 Å². The van der Waals surface area contributed by atoms with Gasteiger partial charge in [-0.15, -0.1) is 0 Å². The second kappa shape index (κ2) is 5.56. The lowest BCUT2D eigenvalue weighted by Crippen LogP contribution is -2.12. The van der Waals surface area contributed by atoms with Crippen LogP contribution in [0.5, 0.6) is 0 Å². The Morgan fingerprint density at radius 1 is 1.24 bits per heavy atom. The fourth-order valence-electron chi connectivity index (χ4n) is 2.27. The van der Waals surface area contributed by atoms with E-state index < -0.39 is 0 Å². The highest BCUT2D eigenvalue weighted by Gasteiger charge is 2.21. The molecule has 0 spiro atoms. The highest BCUT2D eigenvalue weighted by atomic mass is 16.5. The minimum absolute atomic E-state index is 0.0381. The van der Waals surface area contributed by atoms with E-state index in [4.69, 9.17) is 4.74 Å². The van der Waals surface area contributed by atoms with Crippen LogP contribution in [0.2, 0.25) is 0 Å². The van der Waals surface area contributed by atoms with Gasteiger partial charge in [0.2, 0.25) is 0 Å². The van der Waals surface area contributed by atoms with Gasteiger partial charge in [-0.1, -0.05) is 13.8 Å². The molecule has 94 valence electrons. The lowest BCUT2D eigenvalue weighted by molar-refractivity contribution is 0.0531. The first-order valence-electron chi connectivity index (χ1n) is 6.50. The van der Waals surface area contributed by atoms with Crippen LogP contribution in [0.15, 0.2) is 0 Å². The van der Waals surface area contributed by atoms with Crippen molar-refractivity contribution in [3.63, 3.8) is 0 Å². The number of aryl methyl sites for hydroxylation is 1. The van der Waals surface area contributed by atoms with E-state index in [1.165, 1.54) is 11.3 Å². The number of rotatable bonds is 5. The molecule has 17 heavy (non-hydrogen) atoms. The lowest BCUT2D eigenvalue weighted by atomic mass is 10.1. The molecular formula is C13H21N3O. The molecular weight excluding hydrogens is 214 g/mol. The van der Waals surface area contributed by atoms with Crippen LogP contribution in [0, 0.1) is 0 Å². The van der Waals surface area contributed by atoms with Crippen molar-refractivity contribution in [1.82, 2.24) is 15.3 Å². The van der Waals surface area contributed by atoms with Crippen molar-refractivity contribution < 1.29 is 4.74 Å². The summed E-state index contributed by atoms with van der Waals surface area (Å²) in [5, 5.41) is 3.34. The van der Waals surface area contributed by atoms with Gasteiger partial charge in [-0.3, -0.25) is 0 Å². The van der Waals surface area contributed by atoms with E-state index in [1.807, 2.05) is 6.92 Å². The Balaban J connectivity index is 2.35. The molecule has 2 heterocycles. The van der Waals surface area contributed by atoms with Gasteiger partial charge in [0.05, 0.1) is 5.69 Å². The lowest BCUT2D eigenvalue weighted by Gasteiger charge is -2.16. The minimum atomic E-state index is 0.0381. The Bertz CT molecular complexity index is 392. The second-order valence-electron chi connectivity index (χ2n) is 4.26. The van der Waals surface area contributed by atoms with Crippen molar-refractivity contribution in [2.24, 2.45) is 0 Å². The first kappa shape index (κ1) is 12.5. The highest BCUT2D eigenvalue weighted by molar-refractivity contribution is 5.29. The maximum absolute atomic E-state index is 5.69. The average molecular weight is 235 g/mol. The average Bonchev–Trinajstić information content (AvgIpc) is 2.82. The monoisotopic (exact) mass is 235 g/mol. The summed E-state index contributed by atoms with van der Waals surface area (Å²) in [7, 11) is 0. The maximum atomic E-state index is 5.69. The number of hydrogen-bond acceptors (Lipinski definition) is 4. The smallest absolute Gasteiger partial charge is 0.157 e. The van der Waals surface area contributed by atoms with E-state index in [9.17, 15) is 0 Å². The molecule has 0 amide bonds. The van der Waals surface area contributed by atoms with E-state index in [0.717, 1.165) is 37.4 Å². The molecule has 0 aromatic carbocycles. The van der Waals surface area contributed by atoms with E-state index in [-0.39, 0.29) is 6.10 Å². The molecule has 1 atom stereocenters. The highest BCUT2D eigenvalue weighted by Crippen LogP contribution is 2.23. The first-order chi connectivity index (χ1) is 8.30. The van der Waals surface area contributed by atoms with Crippen molar-refractivity contribution in [1.29, 1.82) is 0 Å². The number of ether oxygens (including phenoxy) is 1. The molecule has 1 unspecified atom stereocenters. The summed E-state index contributed by atoms with van der Waals surface area (Å²) in [5.74, 6) is 0.855. The van der Waals surface area contributed by atoms with Gasteiger partial charge in [-0.05, 0) is 19.8 Å². The van der Waals surface area contributed by atoms with Crippen LogP contribution >= 0.6 is 0 Å². The Morgan fingerprint density at radius 2 is 2.06 bits per heavy atom. The van der Waals surface area contributed by atoms with Crippen LogP contribution in [0.1, 0.15) is 56.1 Å². The molecule has 0 fully saturated rings. The fraction of sp³-hybridized carbons (Fsp3) is 0.692. The number of nitrogens with one attached hydrogen (secondary N) is 1. The van der Waals surface area contributed by atoms with Gasteiger partial charge in [0, 0.05) is 31.0 Å². The normalized spacial score (nSPS) is 15.9. The summed E-state index contributed by atoms with van der Waals surface area (Å²) in [6.45, 7) is 8.74. The molecule has 4 heteroatoms. The van der Waals surface area contributed by atoms with Crippen LogP contribution in [0.25, 0.3) is 0 Å². The number of hydrogen-bond donors (Lipinski definition) is 1. The molecule has 0 radical (unpaired) electrons. The molecule has 0 saturated carbocycles. The standard InChI is InChI=1S/C13H21N3O/c1-4-10-9-7-14-8-11(9)16-13(15-10)12(5-2)17-6-3/h12,14H,4-8H2,1-3H3. The van der Waals surface area contributed by atoms with Crippen molar-refractivity contribution in [3.8, 4) is 0 Å². The largest absolute Gasteiger partial charge is 0.371 e. The SMILES string of the molecule is CCOC(CC)c1nc(CC)c2c(n1)CNC2. The fourth-order valence-corrected chi connectivity index (χ4v) is 2.27. The number of fused-ring (bicyclic) bond motifs is 1. The third kappa shape index (κ3) is 2.48. The summed E-state index contributed by atoms with van der Waals surface area (Å²) in [5.41, 5.74) is 3.63. The van der Waals surface area contributed by atoms with Crippen LogP contribution < -0.4 is 5.32 Å². The van der Waals surface area contributed by atoms with Gasteiger partial charge < -0.3 is 10.1 Å². The van der Waals surface area contributed by atoms with Crippen molar-refractivity contribution >= 4 is 0 Å². The topological polar surface area (TPSA) is 47.0 Å². The van der Waals surface area contributed by atoms with Crippen LogP contribution in [0.3, 0.4) is 0 Å². The zero-order chi connectivity index (χ0) is 12.3. The molecule has 0 saturated heterocycles. The van der Waals surface area contributed by atoms with E-state index >= 15 is 0 Å². The Morgan fingerprint density at radius 3 is 2.71 bits per heavy atom. The van der Waals surface area contributed by atoms with Gasteiger partial charge in [0.15, 0.2) is 5.82 Å². The molecule has 0 bridgehead atoms. The Labute approximate surface area is 103 Å². The van der Waals surface area contributed by atoms with Gasteiger partial charge in [0.1, 0.15) is 6.10 Å².